The predicted molar refractivity (Wildman–Crippen MR) is 137 cm³/mol. The number of ether oxygens (including phenoxy) is 1. The Morgan fingerprint density at radius 3 is 2.34 bits per heavy atom. The van der Waals surface area contributed by atoms with Crippen LogP contribution in [0, 0.1) is 6.92 Å². The molecule has 2 heterocycles. The van der Waals surface area contributed by atoms with Gasteiger partial charge >= 0.3 is 6.09 Å². The van der Waals surface area contributed by atoms with Crippen molar-refractivity contribution in [2.75, 3.05) is 44.2 Å². The van der Waals surface area contributed by atoms with Crippen LogP contribution in [-0.4, -0.2) is 70.5 Å². The Bertz CT molecular complexity index is 1110. The molecule has 1 fully saturated rings. The molecule has 1 aliphatic heterocycles. The maximum absolute atomic E-state index is 13.2. The molecule has 8 nitrogen and oxygen atoms in total. The number of aryl methyl sites for hydroxylation is 1. The van der Waals surface area contributed by atoms with Gasteiger partial charge in [0, 0.05) is 50.7 Å². The number of benzene rings is 2. The van der Waals surface area contributed by atoms with E-state index < -0.39 is 0 Å². The van der Waals surface area contributed by atoms with Gasteiger partial charge < -0.3 is 19.4 Å². The second-order valence-corrected chi connectivity index (χ2v) is 9.29. The van der Waals surface area contributed by atoms with E-state index in [-0.39, 0.29) is 18.5 Å². The topological polar surface area (TPSA) is 78.9 Å². The van der Waals surface area contributed by atoms with Crippen LogP contribution in [0.15, 0.2) is 54.6 Å². The summed E-state index contributed by atoms with van der Waals surface area (Å²) in [6.07, 6.45) is 0.333. The first-order valence-corrected chi connectivity index (χ1v) is 12.7. The molecular weight excluding hydrogens is 462 g/mol. The highest BCUT2D eigenvalue weighted by Crippen LogP contribution is 2.22. The summed E-state index contributed by atoms with van der Waals surface area (Å²) in [5.41, 5.74) is 3.48. The molecule has 2 aromatic carbocycles. The maximum Gasteiger partial charge on any atom is 0.409 e. The molecule has 0 unspecified atom stereocenters. The van der Waals surface area contributed by atoms with Gasteiger partial charge in [0.1, 0.15) is 5.82 Å². The van der Waals surface area contributed by atoms with Crippen LogP contribution >= 0.6 is 11.5 Å². The zero-order chi connectivity index (χ0) is 24.6. The van der Waals surface area contributed by atoms with Crippen molar-refractivity contribution >= 4 is 28.7 Å². The van der Waals surface area contributed by atoms with Crippen LogP contribution < -0.4 is 4.90 Å². The van der Waals surface area contributed by atoms with E-state index in [1.165, 1.54) is 17.1 Å². The third kappa shape index (κ3) is 6.79. The van der Waals surface area contributed by atoms with E-state index in [1.807, 2.05) is 40.1 Å². The first-order chi connectivity index (χ1) is 17.0. The molecule has 1 saturated heterocycles. The first kappa shape index (κ1) is 24.7. The summed E-state index contributed by atoms with van der Waals surface area (Å²) in [7, 11) is 0. The maximum atomic E-state index is 13.2. The van der Waals surface area contributed by atoms with Crippen LogP contribution in [0.4, 0.5) is 9.93 Å². The van der Waals surface area contributed by atoms with Gasteiger partial charge in [-0.15, -0.1) is 0 Å². The molecule has 0 spiro atoms. The van der Waals surface area contributed by atoms with Gasteiger partial charge in [-0.1, -0.05) is 60.2 Å². The monoisotopic (exact) mass is 493 g/mol. The molecule has 35 heavy (non-hydrogen) atoms. The molecule has 1 aromatic heterocycles. The largest absolute Gasteiger partial charge is 0.450 e. The SMILES string of the molecule is CCOC(=O)N1CCN(C(=O)CN(Cc2ccccc2)c2nc(Cc3ccc(C)cc3)ns2)CC1. The summed E-state index contributed by atoms with van der Waals surface area (Å²) >= 11 is 1.32. The smallest absolute Gasteiger partial charge is 0.409 e. The Hall–Kier alpha value is -3.46. The van der Waals surface area contributed by atoms with Crippen LogP contribution in [0.25, 0.3) is 0 Å². The standard InChI is InChI=1S/C26H31N5O3S/c1-3-34-26(33)30-15-13-29(14-16-30)24(32)19-31(18-22-7-5-4-6-8-22)25-27-23(28-35-25)17-21-11-9-20(2)10-12-21/h4-12H,3,13-19H2,1-2H3. The number of piperazine rings is 1. The van der Waals surface area contributed by atoms with E-state index in [1.54, 1.807) is 11.8 Å². The summed E-state index contributed by atoms with van der Waals surface area (Å²) in [6.45, 7) is 6.90. The van der Waals surface area contributed by atoms with Gasteiger partial charge in [0.15, 0.2) is 0 Å². The zero-order valence-electron chi connectivity index (χ0n) is 20.2. The summed E-state index contributed by atoms with van der Waals surface area (Å²) in [4.78, 5) is 35.4. The number of carbonyl (C=O) groups is 2. The van der Waals surface area contributed by atoms with Gasteiger partial charge in [-0.2, -0.15) is 4.37 Å². The quantitative estimate of drug-likeness (QED) is 0.476. The van der Waals surface area contributed by atoms with Crippen molar-refractivity contribution in [3.8, 4) is 0 Å². The number of amides is 2. The lowest BCUT2D eigenvalue weighted by atomic mass is 10.1. The number of rotatable bonds is 8. The number of aromatic nitrogens is 2. The third-order valence-corrected chi connectivity index (χ3v) is 6.73. The number of hydrogen-bond acceptors (Lipinski definition) is 7. The highest BCUT2D eigenvalue weighted by Gasteiger charge is 2.27. The molecule has 9 heteroatoms. The van der Waals surface area contributed by atoms with Crippen molar-refractivity contribution in [1.82, 2.24) is 19.2 Å². The van der Waals surface area contributed by atoms with Gasteiger partial charge in [-0.05, 0) is 25.0 Å². The number of anilines is 1. The molecule has 0 atom stereocenters. The summed E-state index contributed by atoms with van der Waals surface area (Å²) in [5, 5.41) is 0.731. The van der Waals surface area contributed by atoms with E-state index in [0.29, 0.717) is 45.8 Å². The normalized spacial score (nSPS) is 13.5. The molecule has 3 aromatic rings. The van der Waals surface area contributed by atoms with Crippen molar-refractivity contribution in [2.45, 2.75) is 26.8 Å². The Labute approximate surface area is 210 Å². The van der Waals surface area contributed by atoms with Crippen LogP contribution in [0.5, 0.6) is 0 Å². The second-order valence-electron chi connectivity index (χ2n) is 8.56. The average Bonchev–Trinajstić information content (AvgIpc) is 3.34. The molecule has 2 amide bonds. The fraction of sp³-hybridized carbons (Fsp3) is 0.385. The summed E-state index contributed by atoms with van der Waals surface area (Å²) < 4.78 is 9.65. The lowest BCUT2D eigenvalue weighted by Crippen LogP contribution is -2.52. The lowest BCUT2D eigenvalue weighted by molar-refractivity contribution is -0.131. The average molecular weight is 494 g/mol. The lowest BCUT2D eigenvalue weighted by Gasteiger charge is -2.35. The van der Waals surface area contributed by atoms with Crippen molar-refractivity contribution in [2.24, 2.45) is 0 Å². The van der Waals surface area contributed by atoms with Crippen LogP contribution in [-0.2, 0) is 22.5 Å². The van der Waals surface area contributed by atoms with Crippen molar-refractivity contribution in [3.05, 3.63) is 77.1 Å². The van der Waals surface area contributed by atoms with E-state index in [4.69, 9.17) is 9.72 Å². The Morgan fingerprint density at radius 2 is 1.66 bits per heavy atom. The molecule has 0 aliphatic carbocycles. The second kappa shape index (κ2) is 11.8. The highest BCUT2D eigenvalue weighted by atomic mass is 32.1. The van der Waals surface area contributed by atoms with Crippen LogP contribution in [0.1, 0.15) is 29.4 Å². The molecule has 4 rings (SSSR count). The van der Waals surface area contributed by atoms with E-state index in [2.05, 4.69) is 35.6 Å². The highest BCUT2D eigenvalue weighted by molar-refractivity contribution is 7.09. The van der Waals surface area contributed by atoms with E-state index in [9.17, 15) is 9.59 Å². The molecule has 0 N–H and O–H groups in total. The van der Waals surface area contributed by atoms with Crippen LogP contribution in [0.3, 0.4) is 0 Å². The minimum atomic E-state index is -0.319. The minimum absolute atomic E-state index is 0.0136. The first-order valence-electron chi connectivity index (χ1n) is 11.9. The zero-order valence-corrected chi connectivity index (χ0v) is 21.0. The van der Waals surface area contributed by atoms with Gasteiger partial charge in [-0.25, -0.2) is 9.78 Å². The van der Waals surface area contributed by atoms with Crippen LogP contribution in [0.2, 0.25) is 0 Å². The number of nitrogens with zero attached hydrogens (tertiary/aromatic N) is 5. The summed E-state index contributed by atoms with van der Waals surface area (Å²) in [5.74, 6) is 0.766. The van der Waals surface area contributed by atoms with Crippen molar-refractivity contribution in [1.29, 1.82) is 0 Å². The fourth-order valence-corrected chi connectivity index (χ4v) is 4.63. The molecule has 1 aliphatic rings. The minimum Gasteiger partial charge on any atom is -0.450 e. The van der Waals surface area contributed by atoms with Gasteiger partial charge in [-0.3, -0.25) is 4.79 Å². The fourth-order valence-electron chi connectivity index (χ4n) is 3.94. The van der Waals surface area contributed by atoms with Gasteiger partial charge in [0.05, 0.1) is 13.2 Å². The molecule has 0 saturated carbocycles. The van der Waals surface area contributed by atoms with Crippen molar-refractivity contribution < 1.29 is 14.3 Å². The third-order valence-electron chi connectivity index (χ3n) is 5.91. The number of carbonyl (C=O) groups excluding carboxylic acids is 2. The predicted octanol–water partition coefficient (Wildman–Crippen LogP) is 3.74. The molecule has 0 bridgehead atoms. The van der Waals surface area contributed by atoms with Gasteiger partial charge in [0.25, 0.3) is 0 Å². The van der Waals surface area contributed by atoms with Crippen molar-refractivity contribution in [3.63, 3.8) is 0 Å². The van der Waals surface area contributed by atoms with E-state index >= 15 is 0 Å². The Morgan fingerprint density at radius 1 is 0.971 bits per heavy atom. The molecular formula is C26H31N5O3S. The van der Waals surface area contributed by atoms with Gasteiger partial charge in [0.2, 0.25) is 11.0 Å². The number of hydrogen-bond donors (Lipinski definition) is 0. The van der Waals surface area contributed by atoms with E-state index in [0.717, 1.165) is 22.1 Å². The Kier molecular flexibility index (Phi) is 8.31. The summed E-state index contributed by atoms with van der Waals surface area (Å²) in [6, 6.07) is 18.4. The molecule has 0 radical (unpaired) electrons. The Balaban J connectivity index is 1.43. The molecule has 184 valence electrons.